The standard InChI is InChI=1S/C23H32N4O5/c1-26(2)18(20-7-5-9-31-20)13-24-22(29)16-11-15(28)12-17(16)23(30)25-14-19(27(3)4)21-8-6-10-32-21/h5-10,16-19H,11-14H2,1-4H3,(H,24,29)(H,25,30)/t16-,17+,18-,19-/m1/s1. The normalized spacial score (nSPS) is 20.5. The van der Waals surface area contributed by atoms with Crippen molar-refractivity contribution in [2.75, 3.05) is 41.3 Å². The van der Waals surface area contributed by atoms with Crippen LogP contribution in [0, 0.1) is 11.8 Å². The number of ketones is 1. The van der Waals surface area contributed by atoms with Crippen LogP contribution in [-0.2, 0) is 14.4 Å². The Kier molecular flexibility index (Phi) is 7.87. The molecule has 2 amide bonds. The van der Waals surface area contributed by atoms with Crippen LogP contribution in [0.3, 0.4) is 0 Å². The number of rotatable bonds is 10. The number of furan rings is 2. The summed E-state index contributed by atoms with van der Waals surface area (Å²) in [6.07, 6.45) is 3.33. The van der Waals surface area contributed by atoms with Crippen molar-refractivity contribution in [3.8, 4) is 0 Å². The zero-order valence-corrected chi connectivity index (χ0v) is 19.0. The quantitative estimate of drug-likeness (QED) is 0.573. The van der Waals surface area contributed by atoms with Gasteiger partial charge < -0.3 is 19.5 Å². The first kappa shape index (κ1) is 23.7. The highest BCUT2D eigenvalue weighted by Gasteiger charge is 2.42. The van der Waals surface area contributed by atoms with Crippen molar-refractivity contribution < 1.29 is 23.2 Å². The summed E-state index contributed by atoms with van der Waals surface area (Å²) in [7, 11) is 7.59. The Bertz CT molecular complexity index is 819. The lowest BCUT2D eigenvalue weighted by Crippen LogP contribution is -2.43. The van der Waals surface area contributed by atoms with Crippen molar-refractivity contribution in [2.24, 2.45) is 11.8 Å². The lowest BCUT2D eigenvalue weighted by molar-refractivity contribution is -0.133. The third-order valence-corrected chi connectivity index (χ3v) is 5.98. The van der Waals surface area contributed by atoms with Crippen LogP contribution >= 0.6 is 0 Å². The minimum absolute atomic E-state index is 0.0734. The van der Waals surface area contributed by atoms with E-state index in [4.69, 9.17) is 8.83 Å². The molecule has 0 radical (unpaired) electrons. The lowest BCUT2D eigenvalue weighted by atomic mass is 9.94. The number of carbonyl (C=O) groups excluding carboxylic acids is 3. The van der Waals surface area contributed by atoms with Crippen LogP contribution in [0.1, 0.15) is 36.4 Å². The summed E-state index contributed by atoms with van der Waals surface area (Å²) in [5, 5.41) is 5.82. The van der Waals surface area contributed by atoms with Crippen LogP contribution in [-0.4, -0.2) is 68.7 Å². The summed E-state index contributed by atoms with van der Waals surface area (Å²) in [4.78, 5) is 41.9. The predicted octanol–water partition coefficient (Wildman–Crippen LogP) is 1.61. The van der Waals surface area contributed by atoms with Crippen LogP contribution in [0.15, 0.2) is 45.6 Å². The van der Waals surface area contributed by atoms with E-state index >= 15 is 0 Å². The monoisotopic (exact) mass is 444 g/mol. The number of nitrogens with one attached hydrogen (secondary N) is 2. The first-order chi connectivity index (χ1) is 15.3. The molecule has 0 aliphatic heterocycles. The highest BCUT2D eigenvalue weighted by molar-refractivity contribution is 5.98. The highest BCUT2D eigenvalue weighted by atomic mass is 16.3. The smallest absolute Gasteiger partial charge is 0.224 e. The third kappa shape index (κ3) is 5.66. The van der Waals surface area contributed by atoms with Gasteiger partial charge in [-0.1, -0.05) is 0 Å². The van der Waals surface area contributed by atoms with Crippen LogP contribution in [0.2, 0.25) is 0 Å². The number of hydrogen-bond acceptors (Lipinski definition) is 7. The van der Waals surface area contributed by atoms with E-state index in [2.05, 4.69) is 10.6 Å². The van der Waals surface area contributed by atoms with Gasteiger partial charge in [0.1, 0.15) is 17.3 Å². The largest absolute Gasteiger partial charge is 0.468 e. The van der Waals surface area contributed by atoms with E-state index in [0.717, 1.165) is 11.5 Å². The molecule has 4 atom stereocenters. The topological polar surface area (TPSA) is 108 Å². The van der Waals surface area contributed by atoms with Crippen molar-refractivity contribution >= 4 is 17.6 Å². The molecule has 2 heterocycles. The minimum atomic E-state index is -0.677. The Balaban J connectivity index is 1.60. The molecule has 2 aromatic heterocycles. The van der Waals surface area contributed by atoms with Gasteiger partial charge >= 0.3 is 0 Å². The molecule has 2 N–H and O–H groups in total. The summed E-state index contributed by atoms with van der Waals surface area (Å²) in [6.45, 7) is 0.638. The number of Topliss-reactive ketones (excluding diaryl/α,β-unsaturated/α-hetero) is 1. The molecule has 3 rings (SSSR count). The number of hydrogen-bond donors (Lipinski definition) is 2. The fourth-order valence-electron chi connectivity index (χ4n) is 4.10. The Morgan fingerprint density at radius 1 is 0.875 bits per heavy atom. The van der Waals surface area contributed by atoms with E-state index < -0.39 is 11.8 Å². The summed E-state index contributed by atoms with van der Waals surface area (Å²) in [5.41, 5.74) is 0. The van der Waals surface area contributed by atoms with Gasteiger partial charge in [-0.25, -0.2) is 0 Å². The van der Waals surface area contributed by atoms with Gasteiger partial charge in [-0.05, 0) is 52.5 Å². The molecular weight excluding hydrogens is 412 g/mol. The maximum Gasteiger partial charge on any atom is 0.224 e. The molecule has 1 saturated carbocycles. The second-order valence-corrected chi connectivity index (χ2v) is 8.64. The molecule has 0 unspecified atom stereocenters. The van der Waals surface area contributed by atoms with Gasteiger partial charge in [-0.15, -0.1) is 0 Å². The van der Waals surface area contributed by atoms with E-state index in [1.807, 2.05) is 50.1 Å². The molecule has 0 spiro atoms. The molecule has 0 aromatic carbocycles. The van der Waals surface area contributed by atoms with Crippen molar-refractivity contribution in [1.82, 2.24) is 20.4 Å². The van der Waals surface area contributed by atoms with Gasteiger partial charge in [0.2, 0.25) is 11.8 Å². The average molecular weight is 445 g/mol. The van der Waals surface area contributed by atoms with Gasteiger partial charge in [-0.3, -0.25) is 24.2 Å². The molecule has 32 heavy (non-hydrogen) atoms. The molecule has 1 aliphatic carbocycles. The maximum absolute atomic E-state index is 12.9. The summed E-state index contributed by atoms with van der Waals surface area (Å²) >= 11 is 0. The maximum atomic E-state index is 12.9. The van der Waals surface area contributed by atoms with Gasteiger partial charge in [-0.2, -0.15) is 0 Å². The fourth-order valence-corrected chi connectivity index (χ4v) is 4.10. The van der Waals surface area contributed by atoms with Crippen molar-refractivity contribution in [3.05, 3.63) is 48.3 Å². The fraction of sp³-hybridized carbons (Fsp3) is 0.522. The Morgan fingerprint density at radius 3 is 1.59 bits per heavy atom. The third-order valence-electron chi connectivity index (χ3n) is 5.98. The first-order valence-electron chi connectivity index (χ1n) is 10.7. The van der Waals surface area contributed by atoms with Crippen molar-refractivity contribution in [3.63, 3.8) is 0 Å². The second-order valence-electron chi connectivity index (χ2n) is 8.64. The molecular formula is C23H32N4O5. The van der Waals surface area contributed by atoms with E-state index in [1.54, 1.807) is 24.7 Å². The van der Waals surface area contributed by atoms with E-state index in [-0.39, 0.29) is 42.5 Å². The molecule has 9 nitrogen and oxygen atoms in total. The molecule has 0 saturated heterocycles. The van der Waals surface area contributed by atoms with Gasteiger partial charge in [0, 0.05) is 25.9 Å². The molecule has 174 valence electrons. The lowest BCUT2D eigenvalue weighted by Gasteiger charge is -2.25. The average Bonchev–Trinajstić information content (AvgIpc) is 3.49. The van der Waals surface area contributed by atoms with E-state index in [1.165, 1.54) is 0 Å². The minimum Gasteiger partial charge on any atom is -0.468 e. The van der Waals surface area contributed by atoms with Crippen molar-refractivity contribution in [2.45, 2.75) is 24.9 Å². The Labute approximate surface area is 188 Å². The van der Waals surface area contributed by atoms with Gasteiger partial charge in [0.15, 0.2) is 0 Å². The first-order valence-corrected chi connectivity index (χ1v) is 10.7. The van der Waals surface area contributed by atoms with Crippen LogP contribution in [0.4, 0.5) is 0 Å². The summed E-state index contributed by atoms with van der Waals surface area (Å²) in [6, 6.07) is 7.01. The molecule has 9 heteroatoms. The van der Waals surface area contributed by atoms with Crippen molar-refractivity contribution in [1.29, 1.82) is 0 Å². The van der Waals surface area contributed by atoms with E-state index in [9.17, 15) is 14.4 Å². The number of nitrogens with zero attached hydrogens (tertiary/aromatic N) is 2. The summed E-state index contributed by atoms with van der Waals surface area (Å²) in [5.74, 6) is -0.531. The Morgan fingerprint density at radius 2 is 1.28 bits per heavy atom. The zero-order valence-electron chi connectivity index (χ0n) is 19.0. The molecule has 1 aliphatic rings. The second kappa shape index (κ2) is 10.6. The summed E-state index contributed by atoms with van der Waals surface area (Å²) < 4.78 is 10.9. The number of amides is 2. The van der Waals surface area contributed by atoms with Gasteiger partial charge in [0.25, 0.3) is 0 Å². The van der Waals surface area contributed by atoms with Crippen LogP contribution in [0.5, 0.6) is 0 Å². The van der Waals surface area contributed by atoms with Crippen LogP contribution in [0.25, 0.3) is 0 Å². The number of carbonyl (C=O) groups is 3. The molecule has 1 fully saturated rings. The Hall–Kier alpha value is -2.91. The highest BCUT2D eigenvalue weighted by Crippen LogP contribution is 2.30. The zero-order chi connectivity index (χ0) is 23.3. The molecule has 0 bridgehead atoms. The predicted molar refractivity (Wildman–Crippen MR) is 118 cm³/mol. The number of likely N-dealkylation sites (N-methyl/N-ethyl adjacent to an activating group) is 2. The van der Waals surface area contributed by atoms with E-state index in [0.29, 0.717) is 13.1 Å². The van der Waals surface area contributed by atoms with Gasteiger partial charge in [0.05, 0.1) is 36.4 Å². The van der Waals surface area contributed by atoms with Crippen LogP contribution < -0.4 is 10.6 Å². The SMILES string of the molecule is CN(C)[C@H](CNC(=O)[C@H]1CC(=O)C[C@H]1C(=O)NC[C@H](c1ccco1)N(C)C)c1ccco1. The molecule has 2 aromatic rings.